The Morgan fingerprint density at radius 3 is 2.87 bits per heavy atom. The number of carbonyl (C=O) groups is 1. The highest BCUT2D eigenvalue weighted by Crippen LogP contribution is 2.20. The van der Waals surface area contributed by atoms with Crippen LogP contribution in [0.1, 0.15) is 18.9 Å². The van der Waals surface area contributed by atoms with Crippen LogP contribution in [0.15, 0.2) is 27.8 Å². The number of anilines is 1. The molecule has 0 bridgehead atoms. The van der Waals surface area contributed by atoms with E-state index >= 15 is 0 Å². The van der Waals surface area contributed by atoms with Gasteiger partial charge in [0.05, 0.1) is 16.6 Å². The summed E-state index contributed by atoms with van der Waals surface area (Å²) in [5, 5.41) is 2.20. The van der Waals surface area contributed by atoms with Gasteiger partial charge in [0.2, 0.25) is 20.9 Å². The lowest BCUT2D eigenvalue weighted by Crippen LogP contribution is -2.15. The largest absolute Gasteiger partial charge is 0.300 e. The fraction of sp³-hybridized carbons (Fsp3) is 0.308. The first-order valence-corrected chi connectivity index (χ1v) is 9.84. The minimum Gasteiger partial charge on any atom is -0.300 e. The highest BCUT2D eigenvalue weighted by molar-refractivity contribution is 9.10. The lowest BCUT2D eigenvalue weighted by atomic mass is 10.1. The van der Waals surface area contributed by atoms with E-state index in [-0.39, 0.29) is 32.5 Å². The van der Waals surface area contributed by atoms with Crippen molar-refractivity contribution in [3.05, 3.63) is 34.1 Å². The Hall–Kier alpha value is -1.39. The summed E-state index contributed by atoms with van der Waals surface area (Å²) < 4.78 is 41.5. The van der Waals surface area contributed by atoms with Gasteiger partial charge < -0.3 is 5.32 Å². The van der Waals surface area contributed by atoms with Crippen molar-refractivity contribution in [2.75, 3.05) is 11.1 Å². The van der Waals surface area contributed by atoms with Crippen LogP contribution in [0.25, 0.3) is 0 Å². The van der Waals surface area contributed by atoms with Gasteiger partial charge in [0.1, 0.15) is 5.82 Å². The van der Waals surface area contributed by atoms with E-state index in [1.807, 2.05) is 0 Å². The van der Waals surface area contributed by atoms with Crippen LogP contribution >= 0.6 is 27.5 Å². The van der Waals surface area contributed by atoms with Crippen LogP contribution in [0.4, 0.5) is 9.52 Å². The third kappa shape index (κ3) is 4.55. The molecule has 6 nitrogen and oxygen atoms in total. The average Bonchev–Trinajstić information content (AvgIpc) is 2.93. The van der Waals surface area contributed by atoms with Crippen LogP contribution in [-0.2, 0) is 21.1 Å². The van der Waals surface area contributed by atoms with Crippen molar-refractivity contribution in [2.24, 2.45) is 0 Å². The first-order valence-electron chi connectivity index (χ1n) is 6.62. The molecule has 23 heavy (non-hydrogen) atoms. The van der Waals surface area contributed by atoms with E-state index in [0.29, 0.717) is 6.42 Å². The van der Waals surface area contributed by atoms with Crippen molar-refractivity contribution < 1.29 is 17.6 Å². The van der Waals surface area contributed by atoms with Gasteiger partial charge in [-0.25, -0.2) is 12.8 Å². The van der Waals surface area contributed by atoms with Crippen molar-refractivity contribution in [3.63, 3.8) is 0 Å². The topological polar surface area (TPSA) is 89.0 Å². The van der Waals surface area contributed by atoms with E-state index < -0.39 is 21.6 Å². The van der Waals surface area contributed by atoms with Gasteiger partial charge >= 0.3 is 0 Å². The van der Waals surface area contributed by atoms with Gasteiger partial charge in [-0.3, -0.25) is 4.79 Å². The number of rotatable bonds is 6. The molecular weight excluding hydrogens is 409 g/mol. The molecule has 0 radical (unpaired) electrons. The minimum atomic E-state index is -3.53. The van der Waals surface area contributed by atoms with Crippen LogP contribution < -0.4 is 5.32 Å². The number of sulfone groups is 1. The number of halogens is 2. The number of nitrogens with one attached hydrogen (secondary N) is 1. The Bertz CT molecular complexity index is 824. The lowest BCUT2D eigenvalue weighted by Gasteiger charge is -2.04. The second kappa shape index (κ2) is 7.45. The molecule has 124 valence electrons. The monoisotopic (exact) mass is 421 g/mol. The molecule has 1 N–H and O–H groups in total. The summed E-state index contributed by atoms with van der Waals surface area (Å²) in [5.41, 5.74) is 0.222. The Balaban J connectivity index is 2.07. The van der Waals surface area contributed by atoms with Crippen molar-refractivity contribution >= 4 is 48.3 Å². The SMILES string of the molecule is CCCS(=O)(=O)c1nsc(NC(=O)Cc2cccc(Br)c2F)n1. The molecule has 0 fully saturated rings. The third-order valence-corrected chi connectivity index (χ3v) is 5.83. The molecule has 2 aromatic rings. The fourth-order valence-electron chi connectivity index (χ4n) is 1.77. The summed E-state index contributed by atoms with van der Waals surface area (Å²) >= 11 is 3.82. The van der Waals surface area contributed by atoms with Gasteiger partial charge in [-0.2, -0.15) is 9.36 Å². The van der Waals surface area contributed by atoms with Crippen molar-refractivity contribution in [2.45, 2.75) is 24.9 Å². The van der Waals surface area contributed by atoms with Crippen LogP contribution in [-0.4, -0.2) is 29.4 Å². The molecule has 1 amide bonds. The maximum Gasteiger partial charge on any atom is 0.260 e. The Morgan fingerprint density at radius 1 is 1.43 bits per heavy atom. The lowest BCUT2D eigenvalue weighted by molar-refractivity contribution is -0.115. The number of nitrogens with zero attached hydrogens (tertiary/aromatic N) is 2. The predicted octanol–water partition coefficient (Wildman–Crippen LogP) is 2.80. The van der Waals surface area contributed by atoms with E-state index in [1.165, 1.54) is 12.1 Å². The zero-order chi connectivity index (χ0) is 17.0. The van der Waals surface area contributed by atoms with Crippen LogP contribution in [0.2, 0.25) is 0 Å². The molecule has 2 rings (SSSR count). The van der Waals surface area contributed by atoms with Gasteiger partial charge in [0, 0.05) is 11.5 Å². The molecule has 0 aliphatic carbocycles. The number of carbonyl (C=O) groups excluding carboxylic acids is 1. The second-order valence-corrected chi connectivity index (χ2v) is 8.25. The maximum absolute atomic E-state index is 13.8. The van der Waals surface area contributed by atoms with E-state index in [9.17, 15) is 17.6 Å². The van der Waals surface area contributed by atoms with E-state index in [1.54, 1.807) is 13.0 Å². The summed E-state index contributed by atoms with van der Waals surface area (Å²) in [7, 11) is -3.53. The van der Waals surface area contributed by atoms with Crippen molar-refractivity contribution in [1.82, 2.24) is 9.36 Å². The molecule has 0 saturated heterocycles. The number of hydrogen-bond donors (Lipinski definition) is 1. The molecule has 10 heteroatoms. The standard InChI is InChI=1S/C13H13BrFN3O3S2/c1-2-6-23(20,21)13-17-12(22-18-13)16-10(19)7-8-4-3-5-9(14)11(8)15/h3-5H,2,6-7H2,1H3,(H,16,17,18,19). The average molecular weight is 422 g/mol. The Kier molecular flexibility index (Phi) is 5.82. The molecule has 0 saturated carbocycles. The molecule has 0 atom stereocenters. The molecule has 0 aliphatic heterocycles. The summed E-state index contributed by atoms with van der Waals surface area (Å²) in [6.07, 6.45) is 0.257. The number of hydrogen-bond acceptors (Lipinski definition) is 6. The minimum absolute atomic E-state index is 0.0552. The van der Waals surface area contributed by atoms with Gasteiger partial charge in [-0.1, -0.05) is 19.1 Å². The van der Waals surface area contributed by atoms with Crippen LogP contribution in [0.5, 0.6) is 0 Å². The molecule has 1 heterocycles. The van der Waals surface area contributed by atoms with E-state index in [2.05, 4.69) is 30.6 Å². The highest BCUT2D eigenvalue weighted by atomic mass is 79.9. The van der Waals surface area contributed by atoms with Crippen LogP contribution in [0.3, 0.4) is 0 Å². The first kappa shape index (κ1) is 18.0. The number of amides is 1. The molecule has 1 aromatic carbocycles. The molecule has 0 unspecified atom stereocenters. The van der Waals surface area contributed by atoms with Gasteiger partial charge in [0.15, 0.2) is 0 Å². The second-order valence-electron chi connectivity index (χ2n) is 4.64. The van der Waals surface area contributed by atoms with Crippen LogP contribution in [0, 0.1) is 5.82 Å². The summed E-state index contributed by atoms with van der Waals surface area (Å²) in [5.74, 6) is -1.07. The van der Waals surface area contributed by atoms with Gasteiger partial charge in [-0.05, 0) is 34.0 Å². The fourth-order valence-corrected chi connectivity index (χ4v) is 4.24. The Labute approximate surface area is 145 Å². The van der Waals surface area contributed by atoms with Crippen molar-refractivity contribution in [1.29, 1.82) is 0 Å². The molecule has 0 aliphatic rings. The molecule has 0 spiro atoms. The van der Waals surface area contributed by atoms with E-state index in [4.69, 9.17) is 0 Å². The summed E-state index contributed by atoms with van der Waals surface area (Å²) in [4.78, 5) is 15.7. The third-order valence-electron chi connectivity index (χ3n) is 2.79. The highest BCUT2D eigenvalue weighted by Gasteiger charge is 2.20. The first-order chi connectivity index (χ1) is 10.8. The molecular formula is C13H13BrFN3O3S2. The van der Waals surface area contributed by atoms with E-state index in [0.717, 1.165) is 11.5 Å². The predicted molar refractivity (Wildman–Crippen MR) is 88.7 cm³/mol. The summed E-state index contributed by atoms with van der Waals surface area (Å²) in [6, 6.07) is 4.65. The maximum atomic E-state index is 13.8. The zero-order valence-electron chi connectivity index (χ0n) is 12.0. The number of aromatic nitrogens is 2. The molecule has 1 aromatic heterocycles. The van der Waals surface area contributed by atoms with Crippen molar-refractivity contribution in [3.8, 4) is 0 Å². The van der Waals surface area contributed by atoms with Gasteiger partial charge in [-0.15, -0.1) is 0 Å². The Morgan fingerprint density at radius 2 is 2.17 bits per heavy atom. The van der Waals surface area contributed by atoms with Gasteiger partial charge in [0.25, 0.3) is 5.16 Å². The normalized spacial score (nSPS) is 11.4. The number of benzene rings is 1. The summed E-state index contributed by atoms with van der Waals surface area (Å²) in [6.45, 7) is 1.74. The smallest absolute Gasteiger partial charge is 0.260 e. The quantitative estimate of drug-likeness (QED) is 0.774. The zero-order valence-corrected chi connectivity index (χ0v) is 15.3.